The number of aliphatic hydroxyl groups is 1. The second-order valence-corrected chi connectivity index (χ2v) is 5.85. The van der Waals surface area contributed by atoms with Gasteiger partial charge in [0.25, 0.3) is 0 Å². The number of aliphatic carboxylic acids is 1. The summed E-state index contributed by atoms with van der Waals surface area (Å²) in [5, 5.41) is 18.7. The summed E-state index contributed by atoms with van der Waals surface area (Å²) in [4.78, 5) is 25.8. The first-order chi connectivity index (χ1) is 9.13. The van der Waals surface area contributed by atoms with Gasteiger partial charge in [-0.2, -0.15) is 0 Å². The van der Waals surface area contributed by atoms with Crippen LogP contribution in [0.4, 0.5) is 0 Å². The van der Waals surface area contributed by atoms with Crippen LogP contribution in [-0.4, -0.2) is 46.2 Å². The second-order valence-electron chi connectivity index (χ2n) is 5.85. The molecule has 1 heterocycles. The molecule has 2 aliphatic carbocycles. The van der Waals surface area contributed by atoms with Gasteiger partial charge in [0, 0.05) is 6.54 Å². The van der Waals surface area contributed by atoms with Gasteiger partial charge in [-0.3, -0.25) is 9.59 Å². The molecular weight excluding hydrogens is 246 g/mol. The Hall–Kier alpha value is -1.36. The number of aliphatic hydroxyl groups excluding tert-OH is 1. The Labute approximate surface area is 111 Å². The summed E-state index contributed by atoms with van der Waals surface area (Å²) in [7, 11) is 0. The number of hydrogen-bond donors (Lipinski definition) is 2. The fourth-order valence-electron chi connectivity index (χ4n) is 4.00. The maximum absolute atomic E-state index is 12.6. The number of allylic oxidation sites excluding steroid dienone is 2. The van der Waals surface area contributed by atoms with Crippen molar-refractivity contribution < 1.29 is 19.8 Å². The maximum Gasteiger partial charge on any atom is 0.307 e. The maximum atomic E-state index is 12.6. The van der Waals surface area contributed by atoms with Crippen LogP contribution in [0.3, 0.4) is 0 Å². The van der Waals surface area contributed by atoms with Crippen LogP contribution < -0.4 is 0 Å². The van der Waals surface area contributed by atoms with Crippen LogP contribution in [0, 0.1) is 23.7 Å². The summed E-state index contributed by atoms with van der Waals surface area (Å²) in [5.74, 6) is -1.87. The smallest absolute Gasteiger partial charge is 0.307 e. The molecule has 3 aliphatic rings. The van der Waals surface area contributed by atoms with Gasteiger partial charge in [-0.05, 0) is 31.1 Å². The zero-order valence-electron chi connectivity index (χ0n) is 10.7. The normalized spacial score (nSPS) is 40.1. The Morgan fingerprint density at radius 2 is 1.89 bits per heavy atom. The molecule has 1 saturated carbocycles. The van der Waals surface area contributed by atoms with E-state index in [0.717, 1.165) is 19.3 Å². The highest BCUT2D eigenvalue weighted by Gasteiger charge is 2.53. The summed E-state index contributed by atoms with van der Waals surface area (Å²) < 4.78 is 0. The largest absolute Gasteiger partial charge is 0.481 e. The molecule has 104 valence electrons. The van der Waals surface area contributed by atoms with E-state index in [2.05, 4.69) is 0 Å². The van der Waals surface area contributed by atoms with Gasteiger partial charge in [0.15, 0.2) is 0 Å². The highest BCUT2D eigenvalue weighted by molar-refractivity contribution is 5.87. The first-order valence-electron chi connectivity index (χ1n) is 6.96. The van der Waals surface area contributed by atoms with Gasteiger partial charge < -0.3 is 15.1 Å². The number of likely N-dealkylation sites (tertiary alicyclic amines) is 1. The summed E-state index contributed by atoms with van der Waals surface area (Å²) in [6.07, 6.45) is 6.43. The lowest BCUT2D eigenvalue weighted by molar-refractivity contribution is -0.151. The van der Waals surface area contributed by atoms with Crippen molar-refractivity contribution in [3.63, 3.8) is 0 Å². The van der Waals surface area contributed by atoms with E-state index >= 15 is 0 Å². The predicted molar refractivity (Wildman–Crippen MR) is 67.2 cm³/mol. The summed E-state index contributed by atoms with van der Waals surface area (Å²) in [5.41, 5.74) is 0. The van der Waals surface area contributed by atoms with Crippen LogP contribution in [0.2, 0.25) is 0 Å². The van der Waals surface area contributed by atoms with Crippen LogP contribution in [0.25, 0.3) is 0 Å². The van der Waals surface area contributed by atoms with Gasteiger partial charge in [0.05, 0.1) is 24.5 Å². The Morgan fingerprint density at radius 1 is 1.21 bits per heavy atom. The molecule has 5 heteroatoms. The minimum Gasteiger partial charge on any atom is -0.481 e. The molecule has 3 rings (SSSR count). The van der Waals surface area contributed by atoms with E-state index in [1.54, 1.807) is 4.90 Å². The third-order valence-corrected chi connectivity index (χ3v) is 4.90. The number of carbonyl (C=O) groups is 2. The number of carboxylic acids is 1. The highest BCUT2D eigenvalue weighted by atomic mass is 16.4. The molecule has 19 heavy (non-hydrogen) atoms. The van der Waals surface area contributed by atoms with E-state index in [1.807, 2.05) is 12.2 Å². The topological polar surface area (TPSA) is 77.8 Å². The first kappa shape index (κ1) is 12.7. The Bertz CT molecular complexity index is 433. The lowest BCUT2D eigenvalue weighted by atomic mass is 9.82. The van der Waals surface area contributed by atoms with Crippen LogP contribution in [0.1, 0.15) is 19.3 Å². The minimum absolute atomic E-state index is 0.00614. The van der Waals surface area contributed by atoms with Crippen molar-refractivity contribution in [3.05, 3.63) is 12.2 Å². The molecular formula is C14H19NO4. The zero-order chi connectivity index (χ0) is 13.6. The first-order valence-corrected chi connectivity index (χ1v) is 6.96. The molecule has 0 spiro atoms. The molecule has 1 amide bonds. The molecule has 5 nitrogen and oxygen atoms in total. The molecule has 0 aromatic heterocycles. The van der Waals surface area contributed by atoms with E-state index in [1.165, 1.54) is 0 Å². The van der Waals surface area contributed by atoms with Gasteiger partial charge in [0.2, 0.25) is 5.91 Å². The third kappa shape index (κ3) is 1.87. The molecule has 2 N–H and O–H groups in total. The number of carboxylic acid groups (broad SMARTS) is 1. The molecule has 0 aromatic rings. The average molecular weight is 265 g/mol. The second kappa shape index (κ2) is 4.63. The van der Waals surface area contributed by atoms with Crippen molar-refractivity contribution in [2.24, 2.45) is 23.7 Å². The molecule has 2 bridgehead atoms. The monoisotopic (exact) mass is 265 g/mol. The van der Waals surface area contributed by atoms with Crippen LogP contribution in [0.5, 0.6) is 0 Å². The van der Waals surface area contributed by atoms with E-state index in [-0.39, 0.29) is 30.4 Å². The standard InChI is InChI=1S/C14H19NO4/c16-7-10-2-1-5-15(10)13(17)11-8-3-4-9(6-8)12(11)14(18)19/h3-4,8-12,16H,1-2,5-7H2,(H,18,19)/t8?,9?,10?,11-,12+/m0/s1. The number of rotatable bonds is 3. The summed E-state index contributed by atoms with van der Waals surface area (Å²) in [6.45, 7) is 0.619. The predicted octanol–water partition coefficient (Wildman–Crippen LogP) is 0.493. The van der Waals surface area contributed by atoms with Crippen molar-refractivity contribution in [1.82, 2.24) is 4.90 Å². The molecule has 0 aromatic carbocycles. The van der Waals surface area contributed by atoms with Crippen LogP contribution in [0.15, 0.2) is 12.2 Å². The van der Waals surface area contributed by atoms with Crippen LogP contribution >= 0.6 is 0 Å². The molecule has 5 atom stereocenters. The summed E-state index contributed by atoms with van der Waals surface area (Å²) >= 11 is 0. The quantitative estimate of drug-likeness (QED) is 0.728. The third-order valence-electron chi connectivity index (χ3n) is 4.90. The number of carbonyl (C=O) groups excluding carboxylic acids is 1. The highest BCUT2D eigenvalue weighted by Crippen LogP contribution is 2.49. The Kier molecular flexibility index (Phi) is 3.09. The molecule has 3 unspecified atom stereocenters. The number of nitrogens with zero attached hydrogens (tertiary/aromatic N) is 1. The number of hydrogen-bond acceptors (Lipinski definition) is 3. The average Bonchev–Trinajstić information content (AvgIpc) is 3.10. The van der Waals surface area contributed by atoms with Gasteiger partial charge in [0.1, 0.15) is 0 Å². The minimum atomic E-state index is -0.866. The Balaban J connectivity index is 1.83. The lowest BCUT2D eigenvalue weighted by Crippen LogP contribution is -2.46. The van der Waals surface area contributed by atoms with Crippen molar-refractivity contribution in [2.75, 3.05) is 13.2 Å². The van der Waals surface area contributed by atoms with Crippen molar-refractivity contribution >= 4 is 11.9 Å². The summed E-state index contributed by atoms with van der Waals surface area (Å²) in [6, 6.07) is -0.120. The van der Waals surface area contributed by atoms with Crippen LogP contribution in [-0.2, 0) is 9.59 Å². The fourth-order valence-corrected chi connectivity index (χ4v) is 4.00. The van der Waals surface area contributed by atoms with E-state index in [0.29, 0.717) is 6.54 Å². The molecule has 1 saturated heterocycles. The molecule has 2 fully saturated rings. The van der Waals surface area contributed by atoms with E-state index in [4.69, 9.17) is 0 Å². The SMILES string of the molecule is O=C(O)[C@@H]1C2C=CC(C2)[C@@H]1C(=O)N1CCCC1CO. The van der Waals surface area contributed by atoms with Crippen molar-refractivity contribution in [2.45, 2.75) is 25.3 Å². The number of fused-ring (bicyclic) bond motifs is 2. The number of amides is 1. The molecule has 0 radical (unpaired) electrons. The Morgan fingerprint density at radius 3 is 2.53 bits per heavy atom. The fraction of sp³-hybridized carbons (Fsp3) is 0.714. The van der Waals surface area contributed by atoms with E-state index < -0.39 is 17.8 Å². The van der Waals surface area contributed by atoms with Gasteiger partial charge in [-0.15, -0.1) is 0 Å². The van der Waals surface area contributed by atoms with Gasteiger partial charge >= 0.3 is 5.97 Å². The van der Waals surface area contributed by atoms with Crippen molar-refractivity contribution in [3.8, 4) is 0 Å². The van der Waals surface area contributed by atoms with Crippen molar-refractivity contribution in [1.29, 1.82) is 0 Å². The van der Waals surface area contributed by atoms with E-state index in [9.17, 15) is 19.8 Å². The van der Waals surface area contributed by atoms with Gasteiger partial charge in [-0.1, -0.05) is 12.2 Å². The molecule has 1 aliphatic heterocycles. The van der Waals surface area contributed by atoms with Gasteiger partial charge in [-0.25, -0.2) is 0 Å². The zero-order valence-corrected chi connectivity index (χ0v) is 10.7. The lowest BCUT2D eigenvalue weighted by Gasteiger charge is -2.31.